The maximum atomic E-state index is 5.82. The molecule has 0 unspecified atom stereocenters. The van der Waals surface area contributed by atoms with Crippen LogP contribution >= 0.6 is 0 Å². The molecule has 0 spiro atoms. The molecule has 2 nitrogen and oxygen atoms in total. The molecule has 2 heteroatoms. The van der Waals surface area contributed by atoms with E-state index in [9.17, 15) is 0 Å². The SMILES string of the molecule is CN1CCc2cccc(N)c21. The third-order valence-electron chi connectivity index (χ3n) is 2.25. The van der Waals surface area contributed by atoms with Crippen molar-refractivity contribution in [2.75, 3.05) is 24.2 Å². The third kappa shape index (κ3) is 0.862. The molecule has 2 N–H and O–H groups in total. The normalized spacial score (nSPS) is 15.2. The fourth-order valence-electron chi connectivity index (χ4n) is 1.68. The Kier molecular flexibility index (Phi) is 1.28. The van der Waals surface area contributed by atoms with Crippen LogP contribution in [0.25, 0.3) is 0 Å². The van der Waals surface area contributed by atoms with Crippen LogP contribution in [0.4, 0.5) is 11.4 Å². The molecule has 0 aliphatic carbocycles. The minimum atomic E-state index is 0.905. The van der Waals surface area contributed by atoms with Gasteiger partial charge in [-0.25, -0.2) is 0 Å². The lowest BCUT2D eigenvalue weighted by molar-refractivity contribution is 0.956. The number of benzene rings is 1. The van der Waals surface area contributed by atoms with Crippen LogP contribution in [0.2, 0.25) is 0 Å². The molecule has 58 valence electrons. The number of nitrogens with zero attached hydrogens (tertiary/aromatic N) is 1. The zero-order chi connectivity index (χ0) is 7.84. The molecule has 1 aromatic carbocycles. The van der Waals surface area contributed by atoms with Gasteiger partial charge in [-0.1, -0.05) is 12.1 Å². The van der Waals surface area contributed by atoms with E-state index < -0.39 is 0 Å². The Morgan fingerprint density at radius 1 is 1.45 bits per heavy atom. The van der Waals surface area contributed by atoms with Crippen molar-refractivity contribution in [3.8, 4) is 0 Å². The number of para-hydroxylation sites is 1. The average molecular weight is 148 g/mol. The molecule has 0 radical (unpaired) electrons. The van der Waals surface area contributed by atoms with Crippen molar-refractivity contribution >= 4 is 11.4 Å². The Morgan fingerprint density at radius 3 is 3.00 bits per heavy atom. The number of likely N-dealkylation sites (N-methyl/N-ethyl adjacent to an activating group) is 1. The van der Waals surface area contributed by atoms with Gasteiger partial charge in [0.25, 0.3) is 0 Å². The predicted octanol–water partition coefficient (Wildman–Crippen LogP) is 1.26. The monoisotopic (exact) mass is 148 g/mol. The molecule has 0 aromatic heterocycles. The fraction of sp³-hybridized carbons (Fsp3) is 0.333. The molecule has 0 fully saturated rings. The molecular weight excluding hydrogens is 136 g/mol. The molecule has 1 aromatic rings. The van der Waals surface area contributed by atoms with Crippen molar-refractivity contribution in [3.63, 3.8) is 0 Å². The van der Waals surface area contributed by atoms with Gasteiger partial charge in [0.1, 0.15) is 0 Å². The van der Waals surface area contributed by atoms with Gasteiger partial charge in [0.05, 0.1) is 11.4 Å². The quantitative estimate of drug-likeness (QED) is 0.561. The summed E-state index contributed by atoms with van der Waals surface area (Å²) in [5.41, 5.74) is 9.34. The molecule has 1 heterocycles. The van der Waals surface area contributed by atoms with Crippen molar-refractivity contribution in [1.82, 2.24) is 0 Å². The van der Waals surface area contributed by atoms with Crippen LogP contribution in [-0.2, 0) is 6.42 Å². The van der Waals surface area contributed by atoms with Gasteiger partial charge in [0.2, 0.25) is 0 Å². The standard InChI is InChI=1S/C9H12N2/c1-11-6-5-7-3-2-4-8(10)9(7)11/h2-4H,5-6,10H2,1H3. The highest BCUT2D eigenvalue weighted by Crippen LogP contribution is 2.31. The van der Waals surface area contributed by atoms with E-state index in [0.29, 0.717) is 0 Å². The Balaban J connectivity index is 2.58. The van der Waals surface area contributed by atoms with Crippen molar-refractivity contribution in [1.29, 1.82) is 0 Å². The second kappa shape index (κ2) is 2.16. The minimum absolute atomic E-state index is 0.905. The second-order valence-electron chi connectivity index (χ2n) is 3.03. The second-order valence-corrected chi connectivity index (χ2v) is 3.03. The molecule has 1 aliphatic rings. The lowest BCUT2D eigenvalue weighted by atomic mass is 10.1. The summed E-state index contributed by atoms with van der Waals surface area (Å²) in [7, 11) is 2.09. The highest BCUT2D eigenvalue weighted by molar-refractivity contribution is 5.73. The van der Waals surface area contributed by atoms with Gasteiger partial charge in [-0.2, -0.15) is 0 Å². The van der Waals surface area contributed by atoms with Crippen LogP contribution in [0.1, 0.15) is 5.56 Å². The van der Waals surface area contributed by atoms with Crippen molar-refractivity contribution in [3.05, 3.63) is 23.8 Å². The van der Waals surface area contributed by atoms with Crippen LogP contribution in [0.3, 0.4) is 0 Å². The first-order valence-corrected chi connectivity index (χ1v) is 3.87. The zero-order valence-electron chi connectivity index (χ0n) is 6.67. The van der Waals surface area contributed by atoms with Gasteiger partial charge >= 0.3 is 0 Å². The molecule has 0 saturated carbocycles. The Labute approximate surface area is 66.6 Å². The summed E-state index contributed by atoms with van der Waals surface area (Å²) in [5.74, 6) is 0. The summed E-state index contributed by atoms with van der Waals surface area (Å²) < 4.78 is 0. The number of fused-ring (bicyclic) bond motifs is 1. The summed E-state index contributed by atoms with van der Waals surface area (Å²) in [6, 6.07) is 6.13. The van der Waals surface area contributed by atoms with E-state index >= 15 is 0 Å². The summed E-state index contributed by atoms with van der Waals surface area (Å²) in [6.45, 7) is 1.10. The highest BCUT2D eigenvalue weighted by atomic mass is 15.1. The Hall–Kier alpha value is -1.18. The van der Waals surface area contributed by atoms with Crippen LogP contribution in [0.5, 0.6) is 0 Å². The summed E-state index contributed by atoms with van der Waals surface area (Å²) >= 11 is 0. The molecule has 11 heavy (non-hydrogen) atoms. The first-order valence-electron chi connectivity index (χ1n) is 3.87. The van der Waals surface area contributed by atoms with Crippen LogP contribution in [0, 0.1) is 0 Å². The largest absolute Gasteiger partial charge is 0.397 e. The Morgan fingerprint density at radius 2 is 2.27 bits per heavy atom. The van der Waals surface area contributed by atoms with Crippen LogP contribution in [0.15, 0.2) is 18.2 Å². The van der Waals surface area contributed by atoms with E-state index in [-0.39, 0.29) is 0 Å². The van der Waals surface area contributed by atoms with Gasteiger partial charge in [-0.05, 0) is 18.1 Å². The molecule has 0 saturated heterocycles. The van der Waals surface area contributed by atoms with E-state index in [1.165, 1.54) is 11.3 Å². The number of nitrogens with two attached hydrogens (primary N) is 1. The number of hydrogen-bond acceptors (Lipinski definition) is 2. The van der Waals surface area contributed by atoms with Gasteiger partial charge in [0, 0.05) is 13.6 Å². The van der Waals surface area contributed by atoms with Gasteiger partial charge < -0.3 is 10.6 Å². The van der Waals surface area contributed by atoms with E-state index in [1.54, 1.807) is 0 Å². The molecule has 0 atom stereocenters. The van der Waals surface area contributed by atoms with Crippen LogP contribution < -0.4 is 10.6 Å². The maximum absolute atomic E-state index is 5.82. The Bertz CT molecular complexity index is 281. The highest BCUT2D eigenvalue weighted by Gasteiger charge is 2.16. The zero-order valence-corrected chi connectivity index (χ0v) is 6.67. The van der Waals surface area contributed by atoms with Crippen molar-refractivity contribution in [2.24, 2.45) is 0 Å². The molecule has 0 bridgehead atoms. The van der Waals surface area contributed by atoms with E-state index in [4.69, 9.17) is 5.73 Å². The molecule has 0 amide bonds. The number of nitrogen functional groups attached to an aromatic ring is 1. The molecular formula is C9H12N2. The predicted molar refractivity (Wildman–Crippen MR) is 47.8 cm³/mol. The maximum Gasteiger partial charge on any atom is 0.0630 e. The first kappa shape index (κ1) is 6.53. The van der Waals surface area contributed by atoms with Crippen LogP contribution in [-0.4, -0.2) is 13.6 Å². The summed E-state index contributed by atoms with van der Waals surface area (Å²) in [4.78, 5) is 2.21. The lowest BCUT2D eigenvalue weighted by Crippen LogP contribution is -2.13. The van der Waals surface area contributed by atoms with Gasteiger partial charge in [-0.3, -0.25) is 0 Å². The fourth-order valence-corrected chi connectivity index (χ4v) is 1.68. The van der Waals surface area contributed by atoms with E-state index in [1.807, 2.05) is 12.1 Å². The third-order valence-corrected chi connectivity index (χ3v) is 2.25. The number of anilines is 2. The molecule has 1 aliphatic heterocycles. The number of hydrogen-bond donors (Lipinski definition) is 1. The average Bonchev–Trinajstić information content (AvgIpc) is 2.34. The topological polar surface area (TPSA) is 29.3 Å². The number of rotatable bonds is 0. The van der Waals surface area contributed by atoms with Crippen molar-refractivity contribution in [2.45, 2.75) is 6.42 Å². The summed E-state index contributed by atoms with van der Waals surface area (Å²) in [6.07, 6.45) is 1.14. The van der Waals surface area contributed by atoms with E-state index in [2.05, 4.69) is 18.0 Å². The summed E-state index contributed by atoms with van der Waals surface area (Å²) in [5, 5.41) is 0. The van der Waals surface area contributed by atoms with E-state index in [0.717, 1.165) is 18.7 Å². The van der Waals surface area contributed by atoms with Gasteiger partial charge in [0.15, 0.2) is 0 Å². The van der Waals surface area contributed by atoms with Gasteiger partial charge in [-0.15, -0.1) is 0 Å². The minimum Gasteiger partial charge on any atom is -0.397 e. The molecule has 2 rings (SSSR count). The first-order chi connectivity index (χ1) is 5.29. The van der Waals surface area contributed by atoms with Crippen molar-refractivity contribution < 1.29 is 0 Å². The lowest BCUT2D eigenvalue weighted by Gasteiger charge is -2.13. The smallest absolute Gasteiger partial charge is 0.0630 e.